The van der Waals surface area contributed by atoms with E-state index in [0.29, 0.717) is 32.3 Å². The number of anilines is 1. The molecule has 8 heteroatoms. The van der Waals surface area contributed by atoms with Crippen molar-refractivity contribution in [1.82, 2.24) is 19.5 Å². The van der Waals surface area contributed by atoms with Gasteiger partial charge in [-0.1, -0.05) is 36.4 Å². The van der Waals surface area contributed by atoms with Crippen LogP contribution in [0, 0.1) is 0 Å². The van der Waals surface area contributed by atoms with Gasteiger partial charge in [-0.05, 0) is 23.3 Å². The average molecular weight is 460 g/mol. The van der Waals surface area contributed by atoms with E-state index in [2.05, 4.69) is 32.7 Å². The third-order valence-electron chi connectivity index (χ3n) is 6.96. The average Bonchev–Trinajstić information content (AvgIpc) is 3.28. The summed E-state index contributed by atoms with van der Waals surface area (Å²) in [6, 6.07) is 16.7. The summed E-state index contributed by atoms with van der Waals surface area (Å²) in [6.45, 7) is 1.66. The summed E-state index contributed by atoms with van der Waals surface area (Å²) < 4.78 is 22.4. The summed E-state index contributed by atoms with van der Waals surface area (Å²) in [6.07, 6.45) is 4.20. The molecule has 1 saturated heterocycles. The van der Waals surface area contributed by atoms with E-state index in [0.717, 1.165) is 28.0 Å². The number of aliphatic hydroxyl groups excluding tert-OH is 1. The van der Waals surface area contributed by atoms with Crippen LogP contribution in [-0.4, -0.2) is 56.6 Å². The monoisotopic (exact) mass is 459 g/mol. The first-order chi connectivity index (χ1) is 16.6. The number of hydrogen-bond donors (Lipinski definition) is 1. The molecule has 0 radical (unpaired) electrons. The SMILES string of the molecule is OCC1(F)CCN(c2ncc(-c3ccc4nc5n(c4c3)[C@@H](c3ccccc3)COC5)cn2)CC1. The Hall–Kier alpha value is -3.36. The maximum Gasteiger partial charge on any atom is 0.225 e. The van der Waals surface area contributed by atoms with E-state index in [1.165, 1.54) is 5.56 Å². The predicted molar refractivity (Wildman–Crippen MR) is 127 cm³/mol. The standard InChI is InChI=1S/C26H26FN5O2/c27-26(17-33)8-10-31(11-9-26)25-28-13-20(14-29-25)19-6-7-21-22(12-19)32-23(15-34-16-24(32)30-21)18-4-2-1-3-5-18/h1-7,12-14,23,33H,8-11,15-17H2/t23-/m1/s1. The van der Waals surface area contributed by atoms with Crippen LogP contribution in [0.5, 0.6) is 0 Å². The number of ether oxygens (including phenoxy) is 1. The molecule has 2 aliphatic heterocycles. The number of hydrogen-bond acceptors (Lipinski definition) is 6. The molecule has 2 aliphatic rings. The predicted octanol–water partition coefficient (Wildman–Crippen LogP) is 3.91. The van der Waals surface area contributed by atoms with E-state index in [9.17, 15) is 9.50 Å². The molecule has 1 atom stereocenters. The van der Waals surface area contributed by atoms with Crippen molar-refractivity contribution in [1.29, 1.82) is 0 Å². The Morgan fingerprint density at radius 3 is 2.53 bits per heavy atom. The van der Waals surface area contributed by atoms with Crippen molar-refractivity contribution in [2.45, 2.75) is 31.2 Å². The molecule has 2 aromatic carbocycles. The van der Waals surface area contributed by atoms with Crippen molar-refractivity contribution in [3.8, 4) is 11.1 Å². The van der Waals surface area contributed by atoms with E-state index < -0.39 is 12.3 Å². The molecule has 4 heterocycles. The minimum absolute atomic E-state index is 0.0736. The Bertz CT molecular complexity index is 1300. The van der Waals surface area contributed by atoms with Gasteiger partial charge < -0.3 is 19.3 Å². The van der Waals surface area contributed by atoms with Crippen LogP contribution in [0.15, 0.2) is 60.9 Å². The Labute approximate surface area is 196 Å². The number of benzene rings is 2. The summed E-state index contributed by atoms with van der Waals surface area (Å²) in [4.78, 5) is 15.9. The number of aromatic nitrogens is 4. The fraction of sp³-hybridized carbons (Fsp3) is 0.346. The van der Waals surface area contributed by atoms with Crippen molar-refractivity contribution in [2.24, 2.45) is 0 Å². The Morgan fingerprint density at radius 1 is 1.03 bits per heavy atom. The summed E-state index contributed by atoms with van der Waals surface area (Å²) in [5, 5.41) is 9.25. The van der Waals surface area contributed by atoms with Crippen LogP contribution in [0.25, 0.3) is 22.2 Å². The highest BCUT2D eigenvalue weighted by Crippen LogP contribution is 2.33. The molecule has 34 heavy (non-hydrogen) atoms. The van der Waals surface area contributed by atoms with Gasteiger partial charge >= 0.3 is 0 Å². The molecule has 174 valence electrons. The molecule has 7 nitrogen and oxygen atoms in total. The van der Waals surface area contributed by atoms with Crippen molar-refractivity contribution in [2.75, 3.05) is 31.2 Å². The van der Waals surface area contributed by atoms with Crippen LogP contribution < -0.4 is 4.90 Å². The minimum atomic E-state index is -1.49. The van der Waals surface area contributed by atoms with Gasteiger partial charge in [0.1, 0.15) is 18.1 Å². The number of aliphatic hydroxyl groups is 1. The molecule has 2 aromatic heterocycles. The van der Waals surface area contributed by atoms with Gasteiger partial charge in [0.05, 0.1) is 30.3 Å². The second-order valence-electron chi connectivity index (χ2n) is 9.11. The van der Waals surface area contributed by atoms with Gasteiger partial charge in [0.25, 0.3) is 0 Å². The molecule has 0 amide bonds. The molecule has 0 saturated carbocycles. The molecular formula is C26H26FN5O2. The van der Waals surface area contributed by atoms with Gasteiger partial charge in [0.2, 0.25) is 5.95 Å². The normalized spacial score (nSPS) is 19.8. The van der Waals surface area contributed by atoms with Gasteiger partial charge in [-0.3, -0.25) is 0 Å². The van der Waals surface area contributed by atoms with E-state index in [1.54, 1.807) is 0 Å². The zero-order chi connectivity index (χ0) is 23.1. The van der Waals surface area contributed by atoms with Crippen molar-refractivity contribution < 1.29 is 14.2 Å². The van der Waals surface area contributed by atoms with E-state index in [-0.39, 0.29) is 18.9 Å². The largest absolute Gasteiger partial charge is 0.393 e. The third-order valence-corrected chi connectivity index (χ3v) is 6.96. The second kappa shape index (κ2) is 8.45. The highest BCUT2D eigenvalue weighted by atomic mass is 19.1. The second-order valence-corrected chi connectivity index (χ2v) is 9.11. The van der Waals surface area contributed by atoms with Crippen LogP contribution in [-0.2, 0) is 11.3 Å². The maximum atomic E-state index is 14.3. The zero-order valence-corrected chi connectivity index (χ0v) is 18.8. The summed E-state index contributed by atoms with van der Waals surface area (Å²) in [5.41, 5.74) is 3.64. The molecule has 4 aromatic rings. The first kappa shape index (κ1) is 21.2. The zero-order valence-electron chi connectivity index (χ0n) is 18.8. The number of rotatable bonds is 4. The van der Waals surface area contributed by atoms with Gasteiger partial charge in [0, 0.05) is 43.9 Å². The topological polar surface area (TPSA) is 76.3 Å². The van der Waals surface area contributed by atoms with Crippen molar-refractivity contribution >= 4 is 17.0 Å². The fourth-order valence-electron chi connectivity index (χ4n) is 4.93. The number of alkyl halides is 1. The highest BCUT2D eigenvalue weighted by Gasteiger charge is 2.34. The molecule has 0 spiro atoms. The summed E-state index contributed by atoms with van der Waals surface area (Å²) in [5.74, 6) is 1.52. The molecule has 0 bridgehead atoms. The van der Waals surface area contributed by atoms with E-state index in [4.69, 9.17) is 9.72 Å². The molecule has 1 fully saturated rings. The highest BCUT2D eigenvalue weighted by molar-refractivity contribution is 5.83. The lowest BCUT2D eigenvalue weighted by Crippen LogP contribution is -2.44. The Morgan fingerprint density at radius 2 is 1.79 bits per heavy atom. The number of nitrogens with zero attached hydrogens (tertiary/aromatic N) is 5. The Kier molecular flexibility index (Phi) is 5.27. The van der Waals surface area contributed by atoms with E-state index >= 15 is 0 Å². The minimum Gasteiger partial charge on any atom is -0.393 e. The van der Waals surface area contributed by atoms with Crippen molar-refractivity contribution in [3.05, 3.63) is 72.3 Å². The lowest BCUT2D eigenvalue weighted by molar-refractivity contribution is 0.0479. The number of piperidine rings is 1. The van der Waals surface area contributed by atoms with Crippen molar-refractivity contribution in [3.63, 3.8) is 0 Å². The van der Waals surface area contributed by atoms with Crippen LogP contribution >= 0.6 is 0 Å². The number of fused-ring (bicyclic) bond motifs is 3. The summed E-state index contributed by atoms with van der Waals surface area (Å²) >= 11 is 0. The molecule has 0 unspecified atom stereocenters. The van der Waals surface area contributed by atoms with Gasteiger partial charge in [-0.15, -0.1) is 0 Å². The van der Waals surface area contributed by atoms with Gasteiger partial charge in [-0.2, -0.15) is 0 Å². The van der Waals surface area contributed by atoms with Gasteiger partial charge in [-0.25, -0.2) is 19.3 Å². The van der Waals surface area contributed by atoms with Crippen LogP contribution in [0.4, 0.5) is 10.3 Å². The molecule has 0 aliphatic carbocycles. The van der Waals surface area contributed by atoms with Gasteiger partial charge in [0.15, 0.2) is 0 Å². The summed E-state index contributed by atoms with van der Waals surface area (Å²) in [7, 11) is 0. The molecule has 1 N–H and O–H groups in total. The third kappa shape index (κ3) is 3.73. The van der Waals surface area contributed by atoms with Crippen LogP contribution in [0.2, 0.25) is 0 Å². The number of imidazole rings is 1. The quantitative estimate of drug-likeness (QED) is 0.499. The number of halogens is 1. The lowest BCUT2D eigenvalue weighted by Gasteiger charge is -2.35. The Balaban J connectivity index is 1.30. The van der Waals surface area contributed by atoms with Crippen LogP contribution in [0.1, 0.15) is 30.3 Å². The smallest absolute Gasteiger partial charge is 0.225 e. The molecular weight excluding hydrogens is 433 g/mol. The lowest BCUT2D eigenvalue weighted by atomic mass is 9.94. The maximum absolute atomic E-state index is 14.3. The molecule has 6 rings (SSSR count). The fourth-order valence-corrected chi connectivity index (χ4v) is 4.93. The van der Waals surface area contributed by atoms with E-state index in [1.807, 2.05) is 47.6 Å². The van der Waals surface area contributed by atoms with Crippen LogP contribution in [0.3, 0.4) is 0 Å². The first-order valence-electron chi connectivity index (χ1n) is 11.6. The first-order valence-corrected chi connectivity index (χ1v) is 11.6.